The molecule has 7 heteroatoms. The van der Waals surface area contributed by atoms with Crippen molar-refractivity contribution in [3.63, 3.8) is 0 Å². The molecule has 1 heterocycles. The number of nitrogens with zero attached hydrogens (tertiary/aromatic N) is 3. The monoisotopic (exact) mass is 510 g/mol. The summed E-state index contributed by atoms with van der Waals surface area (Å²) in [6, 6.07) is 13.9. The molecule has 0 bridgehead atoms. The normalized spacial score (nSPS) is 13.5. The Labute approximate surface area is 190 Å². The molecule has 0 unspecified atom stereocenters. The van der Waals surface area contributed by atoms with Crippen molar-refractivity contribution in [3.05, 3.63) is 59.9 Å². The second-order valence-corrected chi connectivity index (χ2v) is 7.10. The summed E-state index contributed by atoms with van der Waals surface area (Å²) in [6.07, 6.45) is 4.42. The third kappa shape index (κ3) is 8.57. The maximum Gasteiger partial charge on any atom is 0.193 e. The van der Waals surface area contributed by atoms with Crippen molar-refractivity contribution in [3.8, 4) is 5.75 Å². The molecule has 1 aliphatic rings. The molecule has 1 fully saturated rings. The molecular weight excluding hydrogens is 479 g/mol. The Morgan fingerprint density at radius 3 is 2.83 bits per heavy atom. The third-order valence-electron chi connectivity index (χ3n) is 4.66. The number of nitrogens with one attached hydrogen (secondary N) is 1. The van der Waals surface area contributed by atoms with E-state index in [2.05, 4.69) is 26.3 Å². The first-order chi connectivity index (χ1) is 13.7. The van der Waals surface area contributed by atoms with Crippen LogP contribution in [0.3, 0.4) is 0 Å². The first-order valence-electron chi connectivity index (χ1n) is 9.86. The van der Waals surface area contributed by atoms with Gasteiger partial charge in [0.25, 0.3) is 0 Å². The molecule has 0 aliphatic heterocycles. The molecular formula is C22H31IN4O2. The number of ether oxygens (including phenoxy) is 2. The number of likely N-dealkylation sites (N-methyl/N-ethyl adjacent to an activating group) is 1. The maximum atomic E-state index is 5.86. The number of rotatable bonds is 10. The van der Waals surface area contributed by atoms with Crippen LogP contribution >= 0.6 is 24.0 Å². The van der Waals surface area contributed by atoms with Crippen molar-refractivity contribution in [2.45, 2.75) is 26.0 Å². The van der Waals surface area contributed by atoms with E-state index >= 15 is 0 Å². The van der Waals surface area contributed by atoms with Crippen molar-refractivity contribution >= 4 is 29.9 Å². The van der Waals surface area contributed by atoms with E-state index in [9.17, 15) is 0 Å². The van der Waals surface area contributed by atoms with Crippen molar-refractivity contribution < 1.29 is 9.47 Å². The van der Waals surface area contributed by atoms with E-state index in [1.807, 2.05) is 43.4 Å². The molecule has 1 aromatic heterocycles. The average Bonchev–Trinajstić information content (AvgIpc) is 3.56. The number of hydrogen-bond donors (Lipinski definition) is 1. The van der Waals surface area contributed by atoms with E-state index in [-0.39, 0.29) is 24.0 Å². The van der Waals surface area contributed by atoms with Crippen molar-refractivity contribution in [1.29, 1.82) is 0 Å². The lowest BCUT2D eigenvalue weighted by Crippen LogP contribution is -2.40. The van der Waals surface area contributed by atoms with Gasteiger partial charge in [0, 0.05) is 40.0 Å². The molecule has 0 amide bonds. The Morgan fingerprint density at radius 1 is 1.24 bits per heavy atom. The minimum Gasteiger partial charge on any atom is -0.487 e. The molecule has 0 radical (unpaired) electrons. The second-order valence-electron chi connectivity index (χ2n) is 7.10. The number of aliphatic imine (C=N–C) groups is 1. The van der Waals surface area contributed by atoms with Crippen LogP contribution in [0.25, 0.3) is 0 Å². The van der Waals surface area contributed by atoms with Gasteiger partial charge in [0.05, 0.1) is 12.3 Å². The Hall–Kier alpha value is -1.87. The minimum atomic E-state index is 0. The van der Waals surface area contributed by atoms with Crippen LogP contribution in [0.2, 0.25) is 0 Å². The number of halogens is 1. The molecule has 6 nitrogen and oxygen atoms in total. The van der Waals surface area contributed by atoms with Gasteiger partial charge in [0.15, 0.2) is 5.96 Å². The van der Waals surface area contributed by atoms with Gasteiger partial charge >= 0.3 is 0 Å². The first-order valence-corrected chi connectivity index (χ1v) is 9.86. The van der Waals surface area contributed by atoms with E-state index < -0.39 is 0 Å². The summed E-state index contributed by atoms with van der Waals surface area (Å²) >= 11 is 0. The first kappa shape index (κ1) is 23.4. The van der Waals surface area contributed by atoms with Crippen LogP contribution in [0.1, 0.15) is 24.1 Å². The summed E-state index contributed by atoms with van der Waals surface area (Å²) in [5.74, 6) is 2.49. The van der Waals surface area contributed by atoms with E-state index in [1.165, 1.54) is 12.8 Å². The quantitative estimate of drug-likeness (QED) is 0.229. The molecule has 1 aliphatic carbocycles. The highest BCUT2D eigenvalue weighted by Crippen LogP contribution is 2.28. The molecule has 1 saturated carbocycles. The zero-order valence-corrected chi connectivity index (χ0v) is 19.5. The van der Waals surface area contributed by atoms with Crippen LogP contribution in [-0.2, 0) is 17.9 Å². The van der Waals surface area contributed by atoms with Gasteiger partial charge in [-0.25, -0.2) is 0 Å². The molecule has 1 N–H and O–H groups in total. The van der Waals surface area contributed by atoms with Gasteiger partial charge in [0.1, 0.15) is 12.4 Å². The van der Waals surface area contributed by atoms with Gasteiger partial charge in [-0.1, -0.05) is 18.2 Å². The number of pyridine rings is 1. The molecule has 2 aromatic rings. The SMILES string of the molecule is CN=C(NCc1cccc(OCc2ccccn2)c1)N(C)CCOCC1CC1.I. The average molecular weight is 510 g/mol. The second kappa shape index (κ2) is 12.6. The maximum absolute atomic E-state index is 5.86. The highest BCUT2D eigenvalue weighted by atomic mass is 127. The van der Waals surface area contributed by atoms with Gasteiger partial charge in [-0.2, -0.15) is 0 Å². The summed E-state index contributed by atoms with van der Waals surface area (Å²) in [5.41, 5.74) is 2.05. The molecule has 0 atom stereocenters. The number of guanidine groups is 1. The van der Waals surface area contributed by atoms with Gasteiger partial charge in [-0.15, -0.1) is 24.0 Å². The summed E-state index contributed by atoms with van der Waals surface area (Å²) in [6.45, 7) is 3.58. The molecule has 29 heavy (non-hydrogen) atoms. The van der Waals surface area contributed by atoms with E-state index in [0.717, 1.165) is 48.6 Å². The fourth-order valence-electron chi connectivity index (χ4n) is 2.79. The summed E-state index contributed by atoms with van der Waals surface area (Å²) in [5, 5.41) is 3.40. The lowest BCUT2D eigenvalue weighted by Gasteiger charge is -2.22. The minimum absolute atomic E-state index is 0. The molecule has 0 spiro atoms. The van der Waals surface area contributed by atoms with E-state index in [4.69, 9.17) is 9.47 Å². The van der Waals surface area contributed by atoms with Crippen LogP contribution in [0, 0.1) is 5.92 Å². The molecule has 1 aromatic carbocycles. The van der Waals surface area contributed by atoms with Crippen molar-refractivity contribution in [2.24, 2.45) is 10.9 Å². The lowest BCUT2D eigenvalue weighted by atomic mass is 10.2. The Kier molecular flexibility index (Phi) is 10.2. The van der Waals surface area contributed by atoms with Crippen molar-refractivity contribution in [1.82, 2.24) is 15.2 Å². The standard InChI is InChI=1S/C22H30N4O2.HI/c1-23-22(26(2)12-13-27-16-18-9-10-18)25-15-19-6-5-8-21(14-19)28-17-20-7-3-4-11-24-20;/h3-8,11,14,18H,9-10,12-13,15-17H2,1-2H3,(H,23,25);1H. The topological polar surface area (TPSA) is 59.0 Å². The van der Waals surface area contributed by atoms with Gasteiger partial charge in [0.2, 0.25) is 0 Å². The molecule has 158 valence electrons. The predicted octanol–water partition coefficient (Wildman–Crippen LogP) is 3.71. The largest absolute Gasteiger partial charge is 0.487 e. The van der Waals surface area contributed by atoms with Crippen LogP contribution in [-0.4, -0.2) is 49.7 Å². The van der Waals surface area contributed by atoms with Gasteiger partial charge in [-0.05, 0) is 48.6 Å². The Balaban J connectivity index is 0.00000300. The molecule has 0 saturated heterocycles. The summed E-state index contributed by atoms with van der Waals surface area (Å²) in [7, 11) is 3.83. The zero-order chi connectivity index (χ0) is 19.6. The number of hydrogen-bond acceptors (Lipinski definition) is 4. The summed E-state index contributed by atoms with van der Waals surface area (Å²) in [4.78, 5) is 10.7. The highest BCUT2D eigenvalue weighted by Gasteiger charge is 2.21. The van der Waals surface area contributed by atoms with Gasteiger partial charge in [-0.3, -0.25) is 9.98 Å². The highest BCUT2D eigenvalue weighted by molar-refractivity contribution is 14.0. The fourth-order valence-corrected chi connectivity index (χ4v) is 2.79. The van der Waals surface area contributed by atoms with Gasteiger partial charge < -0.3 is 19.7 Å². The Morgan fingerprint density at radius 2 is 2.10 bits per heavy atom. The van der Waals surface area contributed by atoms with Crippen LogP contribution in [0.5, 0.6) is 5.75 Å². The van der Waals surface area contributed by atoms with Crippen molar-refractivity contribution in [2.75, 3.05) is 33.9 Å². The summed E-state index contributed by atoms with van der Waals surface area (Å²) < 4.78 is 11.6. The van der Waals surface area contributed by atoms with E-state index in [0.29, 0.717) is 13.2 Å². The Bertz CT molecular complexity index is 753. The zero-order valence-electron chi connectivity index (χ0n) is 17.2. The van der Waals surface area contributed by atoms with Crippen LogP contribution in [0.15, 0.2) is 53.7 Å². The predicted molar refractivity (Wildman–Crippen MR) is 127 cm³/mol. The number of benzene rings is 1. The van der Waals surface area contributed by atoms with E-state index in [1.54, 1.807) is 13.2 Å². The number of aromatic nitrogens is 1. The third-order valence-corrected chi connectivity index (χ3v) is 4.66. The fraction of sp³-hybridized carbons (Fsp3) is 0.455. The lowest BCUT2D eigenvalue weighted by molar-refractivity contribution is 0.115. The van der Waals surface area contributed by atoms with Crippen LogP contribution in [0.4, 0.5) is 0 Å². The molecule has 3 rings (SSSR count). The van der Waals surface area contributed by atoms with Crippen LogP contribution < -0.4 is 10.1 Å². The smallest absolute Gasteiger partial charge is 0.193 e.